The van der Waals surface area contributed by atoms with E-state index in [9.17, 15) is 4.79 Å². The van der Waals surface area contributed by atoms with E-state index < -0.39 is 0 Å². The number of anilines is 1. The second kappa shape index (κ2) is 8.65. The molecule has 1 amide bonds. The lowest BCUT2D eigenvalue weighted by molar-refractivity contribution is 0.0955. The first kappa shape index (κ1) is 19.5. The second-order valence-corrected chi connectivity index (χ2v) is 6.73. The molecule has 3 rings (SSSR count). The molecule has 2 N–H and O–H groups in total. The van der Waals surface area contributed by atoms with Gasteiger partial charge in [-0.15, -0.1) is 0 Å². The van der Waals surface area contributed by atoms with E-state index in [-0.39, 0.29) is 5.91 Å². The Morgan fingerprint density at radius 3 is 2.43 bits per heavy atom. The Balaban J connectivity index is 1.57. The van der Waals surface area contributed by atoms with Gasteiger partial charge in [0.2, 0.25) is 0 Å². The lowest BCUT2D eigenvalue weighted by Gasteiger charge is -2.10. The molecular weight excluding hydrogens is 352 g/mol. The molecule has 7 heteroatoms. The molecular formula is C21H26N6O. The van der Waals surface area contributed by atoms with Gasteiger partial charge in [0.1, 0.15) is 11.6 Å². The first-order chi connectivity index (χ1) is 13.5. The minimum absolute atomic E-state index is 0.0772. The van der Waals surface area contributed by atoms with Crippen LogP contribution < -0.4 is 10.6 Å². The highest BCUT2D eigenvalue weighted by Gasteiger charge is 2.09. The number of carbonyl (C=O) groups excluding carboxylic acids is 1. The number of benzene rings is 1. The summed E-state index contributed by atoms with van der Waals surface area (Å²) in [5, 5.41) is 10.6. The van der Waals surface area contributed by atoms with Gasteiger partial charge in [0.25, 0.3) is 5.91 Å². The van der Waals surface area contributed by atoms with Crippen molar-refractivity contribution in [1.82, 2.24) is 25.1 Å². The van der Waals surface area contributed by atoms with Crippen LogP contribution in [-0.4, -0.2) is 38.7 Å². The molecule has 0 unspecified atom stereocenters. The van der Waals surface area contributed by atoms with Crippen molar-refractivity contribution >= 4 is 11.7 Å². The molecule has 0 aliphatic heterocycles. The van der Waals surface area contributed by atoms with Crippen LogP contribution in [0.15, 0.2) is 36.4 Å². The highest BCUT2D eigenvalue weighted by Crippen LogP contribution is 2.13. The zero-order valence-electron chi connectivity index (χ0n) is 16.8. The number of aryl methyl sites for hydroxylation is 4. The molecule has 0 atom stereocenters. The smallest absolute Gasteiger partial charge is 0.251 e. The Morgan fingerprint density at radius 2 is 1.79 bits per heavy atom. The Morgan fingerprint density at radius 1 is 1.04 bits per heavy atom. The van der Waals surface area contributed by atoms with Gasteiger partial charge in [0.15, 0.2) is 5.82 Å². The molecule has 28 heavy (non-hydrogen) atoms. The second-order valence-electron chi connectivity index (χ2n) is 6.73. The number of amides is 1. The van der Waals surface area contributed by atoms with E-state index in [1.165, 1.54) is 5.56 Å². The Kier molecular flexibility index (Phi) is 6.03. The lowest BCUT2D eigenvalue weighted by atomic mass is 10.1. The molecule has 2 heterocycles. The normalized spacial score (nSPS) is 10.7. The quantitative estimate of drug-likeness (QED) is 0.618. The van der Waals surface area contributed by atoms with Crippen LogP contribution in [0, 0.1) is 20.8 Å². The van der Waals surface area contributed by atoms with Crippen molar-refractivity contribution in [3.8, 4) is 5.82 Å². The summed E-state index contributed by atoms with van der Waals surface area (Å²) < 4.78 is 1.80. The first-order valence-corrected chi connectivity index (χ1v) is 9.46. The first-order valence-electron chi connectivity index (χ1n) is 9.46. The van der Waals surface area contributed by atoms with Crippen molar-refractivity contribution in [2.75, 3.05) is 18.4 Å². The molecule has 0 aliphatic carbocycles. The topological polar surface area (TPSA) is 84.7 Å². The zero-order valence-corrected chi connectivity index (χ0v) is 16.8. The molecule has 0 fully saturated rings. The lowest BCUT2D eigenvalue weighted by Crippen LogP contribution is -2.29. The molecule has 0 spiro atoms. The summed E-state index contributed by atoms with van der Waals surface area (Å²) in [5.74, 6) is 2.01. The maximum Gasteiger partial charge on any atom is 0.251 e. The third kappa shape index (κ3) is 4.73. The van der Waals surface area contributed by atoms with Crippen molar-refractivity contribution < 1.29 is 4.79 Å². The fraction of sp³-hybridized carbons (Fsp3) is 0.333. The molecule has 1 aromatic carbocycles. The molecule has 7 nitrogen and oxygen atoms in total. The number of carbonyl (C=O) groups is 1. The summed E-state index contributed by atoms with van der Waals surface area (Å²) in [4.78, 5) is 21.1. The summed E-state index contributed by atoms with van der Waals surface area (Å²) >= 11 is 0. The number of hydrogen-bond acceptors (Lipinski definition) is 5. The maximum absolute atomic E-state index is 12.2. The van der Waals surface area contributed by atoms with Gasteiger partial charge in [0.05, 0.1) is 5.69 Å². The van der Waals surface area contributed by atoms with Crippen LogP contribution in [-0.2, 0) is 6.42 Å². The number of nitrogens with one attached hydrogen (secondary N) is 2. The predicted molar refractivity (Wildman–Crippen MR) is 110 cm³/mol. The molecule has 0 saturated heterocycles. The van der Waals surface area contributed by atoms with E-state index in [1.54, 1.807) is 4.68 Å². The fourth-order valence-corrected chi connectivity index (χ4v) is 2.97. The van der Waals surface area contributed by atoms with E-state index in [0.717, 1.165) is 23.6 Å². The van der Waals surface area contributed by atoms with Crippen molar-refractivity contribution in [2.45, 2.75) is 34.1 Å². The van der Waals surface area contributed by atoms with Crippen LogP contribution in [0.25, 0.3) is 5.82 Å². The number of rotatable bonds is 7. The van der Waals surface area contributed by atoms with Crippen LogP contribution in [0.2, 0.25) is 0 Å². The van der Waals surface area contributed by atoms with Crippen LogP contribution in [0.5, 0.6) is 0 Å². The van der Waals surface area contributed by atoms with Gasteiger partial charge in [0, 0.05) is 30.4 Å². The van der Waals surface area contributed by atoms with E-state index >= 15 is 0 Å². The van der Waals surface area contributed by atoms with Gasteiger partial charge in [-0.05, 0) is 51.0 Å². The van der Waals surface area contributed by atoms with Crippen molar-refractivity contribution in [1.29, 1.82) is 0 Å². The summed E-state index contributed by atoms with van der Waals surface area (Å²) in [5.41, 5.74) is 3.85. The van der Waals surface area contributed by atoms with Crippen LogP contribution >= 0.6 is 0 Å². The Labute approximate surface area is 165 Å². The van der Waals surface area contributed by atoms with Crippen LogP contribution in [0.3, 0.4) is 0 Å². The van der Waals surface area contributed by atoms with Crippen molar-refractivity contribution in [3.63, 3.8) is 0 Å². The highest BCUT2D eigenvalue weighted by atomic mass is 16.1. The third-order valence-electron chi connectivity index (χ3n) is 4.39. The molecule has 2 aromatic heterocycles. The van der Waals surface area contributed by atoms with E-state index in [1.807, 2.05) is 57.2 Å². The van der Waals surface area contributed by atoms with E-state index in [0.29, 0.717) is 30.3 Å². The Hall–Kier alpha value is -3.22. The van der Waals surface area contributed by atoms with Crippen LogP contribution in [0.1, 0.15) is 40.1 Å². The zero-order chi connectivity index (χ0) is 20.1. The minimum Gasteiger partial charge on any atom is -0.368 e. The van der Waals surface area contributed by atoms with Gasteiger partial charge >= 0.3 is 0 Å². The number of aromatic nitrogens is 4. The third-order valence-corrected chi connectivity index (χ3v) is 4.39. The molecule has 0 saturated carbocycles. The molecule has 0 bridgehead atoms. The average Bonchev–Trinajstić information content (AvgIpc) is 3.03. The predicted octanol–water partition coefficient (Wildman–Crippen LogP) is 2.99. The summed E-state index contributed by atoms with van der Waals surface area (Å²) in [7, 11) is 0. The molecule has 3 aromatic rings. The molecule has 0 aliphatic rings. The summed E-state index contributed by atoms with van der Waals surface area (Å²) in [6.45, 7) is 8.94. The number of hydrogen-bond donors (Lipinski definition) is 2. The standard InChI is InChI=1S/C21H26N6O/c1-5-17-6-8-18(9-7-17)21(28)23-11-10-22-19-13-20(25-16(4)24-19)27-15(3)12-14(2)26-27/h6-9,12-13H,5,10-11H2,1-4H3,(H,23,28)(H,22,24,25). The van der Waals surface area contributed by atoms with E-state index in [2.05, 4.69) is 32.6 Å². The maximum atomic E-state index is 12.2. The molecule has 0 radical (unpaired) electrons. The monoisotopic (exact) mass is 378 g/mol. The van der Waals surface area contributed by atoms with Gasteiger partial charge in [-0.1, -0.05) is 19.1 Å². The van der Waals surface area contributed by atoms with Gasteiger partial charge in [-0.25, -0.2) is 14.6 Å². The van der Waals surface area contributed by atoms with Crippen molar-refractivity contribution in [2.24, 2.45) is 0 Å². The fourth-order valence-electron chi connectivity index (χ4n) is 2.97. The minimum atomic E-state index is -0.0772. The largest absolute Gasteiger partial charge is 0.368 e. The van der Waals surface area contributed by atoms with Gasteiger partial charge in [-0.3, -0.25) is 4.79 Å². The summed E-state index contributed by atoms with van der Waals surface area (Å²) in [6.07, 6.45) is 0.962. The average molecular weight is 378 g/mol. The van der Waals surface area contributed by atoms with E-state index in [4.69, 9.17) is 0 Å². The van der Waals surface area contributed by atoms with Gasteiger partial charge < -0.3 is 10.6 Å². The summed E-state index contributed by atoms with van der Waals surface area (Å²) in [6, 6.07) is 11.5. The SMILES string of the molecule is CCc1ccc(C(=O)NCCNc2cc(-n3nc(C)cc3C)nc(C)n2)cc1. The number of nitrogens with zero attached hydrogens (tertiary/aromatic N) is 4. The molecule has 146 valence electrons. The van der Waals surface area contributed by atoms with Gasteiger partial charge in [-0.2, -0.15) is 5.10 Å². The Bertz CT molecular complexity index is 962. The van der Waals surface area contributed by atoms with Crippen molar-refractivity contribution in [3.05, 3.63) is 64.7 Å². The van der Waals surface area contributed by atoms with Crippen LogP contribution in [0.4, 0.5) is 5.82 Å². The highest BCUT2D eigenvalue weighted by molar-refractivity contribution is 5.94.